The van der Waals surface area contributed by atoms with Crippen LogP contribution in [0, 0.1) is 0 Å². The number of aryl methyl sites for hydroxylation is 1. The highest BCUT2D eigenvalue weighted by Crippen LogP contribution is 2.37. The highest BCUT2D eigenvalue weighted by Gasteiger charge is 2.27. The highest BCUT2D eigenvalue weighted by molar-refractivity contribution is 5.04. The lowest BCUT2D eigenvalue weighted by molar-refractivity contribution is 0.785. The SMILES string of the molecule is NCCCc1nc(C2CC2)n[nH]1. The van der Waals surface area contributed by atoms with Crippen LogP contribution >= 0.6 is 0 Å². The van der Waals surface area contributed by atoms with Gasteiger partial charge in [-0.2, -0.15) is 5.10 Å². The minimum atomic E-state index is 0.646. The van der Waals surface area contributed by atoms with Gasteiger partial charge in [-0.3, -0.25) is 5.10 Å². The monoisotopic (exact) mass is 166 g/mol. The number of rotatable bonds is 4. The van der Waals surface area contributed by atoms with Crippen molar-refractivity contribution in [1.29, 1.82) is 0 Å². The molecule has 0 aromatic carbocycles. The van der Waals surface area contributed by atoms with Crippen molar-refractivity contribution in [1.82, 2.24) is 15.2 Å². The molecule has 0 saturated heterocycles. The number of aromatic nitrogens is 3. The van der Waals surface area contributed by atoms with E-state index in [4.69, 9.17) is 5.73 Å². The maximum absolute atomic E-state index is 5.39. The highest BCUT2D eigenvalue weighted by atomic mass is 15.2. The first-order valence-electron chi connectivity index (χ1n) is 4.51. The normalized spacial score (nSPS) is 16.8. The molecular formula is C8H14N4. The fourth-order valence-electron chi connectivity index (χ4n) is 1.22. The topological polar surface area (TPSA) is 67.6 Å². The molecule has 1 aliphatic carbocycles. The molecule has 0 bridgehead atoms. The van der Waals surface area contributed by atoms with Crippen molar-refractivity contribution in [3.05, 3.63) is 11.6 Å². The second-order valence-corrected chi connectivity index (χ2v) is 3.31. The number of nitrogens with two attached hydrogens (primary N) is 1. The van der Waals surface area contributed by atoms with Crippen molar-refractivity contribution in [2.75, 3.05) is 6.54 Å². The van der Waals surface area contributed by atoms with Gasteiger partial charge in [0.15, 0.2) is 5.82 Å². The molecule has 2 rings (SSSR count). The zero-order valence-corrected chi connectivity index (χ0v) is 7.08. The Hall–Kier alpha value is -0.900. The summed E-state index contributed by atoms with van der Waals surface area (Å²) in [7, 11) is 0. The first kappa shape index (κ1) is 7.73. The van der Waals surface area contributed by atoms with Crippen LogP contribution in [-0.2, 0) is 6.42 Å². The third-order valence-corrected chi connectivity index (χ3v) is 2.11. The molecule has 12 heavy (non-hydrogen) atoms. The third-order valence-electron chi connectivity index (χ3n) is 2.11. The van der Waals surface area contributed by atoms with E-state index in [-0.39, 0.29) is 0 Å². The average Bonchev–Trinajstić information content (AvgIpc) is 2.83. The van der Waals surface area contributed by atoms with Crippen LogP contribution in [0.1, 0.15) is 36.8 Å². The minimum Gasteiger partial charge on any atom is -0.330 e. The molecule has 0 aliphatic heterocycles. The fourth-order valence-corrected chi connectivity index (χ4v) is 1.22. The molecule has 0 spiro atoms. The summed E-state index contributed by atoms with van der Waals surface area (Å²) in [5.41, 5.74) is 5.39. The molecule has 0 amide bonds. The average molecular weight is 166 g/mol. The molecule has 0 atom stereocenters. The number of hydrogen-bond acceptors (Lipinski definition) is 3. The number of nitrogens with one attached hydrogen (secondary N) is 1. The van der Waals surface area contributed by atoms with Gasteiger partial charge < -0.3 is 5.73 Å². The van der Waals surface area contributed by atoms with Gasteiger partial charge in [0.2, 0.25) is 0 Å². The molecule has 1 saturated carbocycles. The number of hydrogen-bond donors (Lipinski definition) is 2. The van der Waals surface area contributed by atoms with Crippen molar-refractivity contribution in [2.45, 2.75) is 31.6 Å². The summed E-state index contributed by atoms with van der Waals surface area (Å²) in [6.07, 6.45) is 4.43. The molecule has 1 aromatic rings. The van der Waals surface area contributed by atoms with Crippen molar-refractivity contribution in [3.63, 3.8) is 0 Å². The second-order valence-electron chi connectivity index (χ2n) is 3.31. The zero-order chi connectivity index (χ0) is 8.39. The van der Waals surface area contributed by atoms with Crippen molar-refractivity contribution in [2.24, 2.45) is 5.73 Å². The predicted octanol–water partition coefficient (Wildman–Crippen LogP) is 0.573. The van der Waals surface area contributed by atoms with Crippen LogP contribution in [0.15, 0.2) is 0 Å². The van der Waals surface area contributed by atoms with E-state index in [0.29, 0.717) is 5.92 Å². The minimum absolute atomic E-state index is 0.646. The zero-order valence-electron chi connectivity index (χ0n) is 7.08. The van der Waals surface area contributed by atoms with E-state index < -0.39 is 0 Å². The summed E-state index contributed by atoms with van der Waals surface area (Å²) in [4.78, 5) is 4.39. The van der Waals surface area contributed by atoms with E-state index in [1.807, 2.05) is 0 Å². The van der Waals surface area contributed by atoms with Gasteiger partial charge >= 0.3 is 0 Å². The lowest BCUT2D eigenvalue weighted by Crippen LogP contribution is -2.01. The first-order chi connectivity index (χ1) is 5.90. The largest absolute Gasteiger partial charge is 0.330 e. The number of H-pyrrole nitrogens is 1. The Morgan fingerprint density at radius 3 is 3.00 bits per heavy atom. The molecule has 1 aromatic heterocycles. The molecule has 0 radical (unpaired) electrons. The van der Waals surface area contributed by atoms with Crippen molar-refractivity contribution >= 4 is 0 Å². The Balaban J connectivity index is 1.93. The molecule has 3 N–H and O–H groups in total. The van der Waals surface area contributed by atoms with Gasteiger partial charge in [-0.15, -0.1) is 0 Å². The maximum Gasteiger partial charge on any atom is 0.153 e. The Kier molecular flexibility index (Phi) is 2.08. The summed E-state index contributed by atoms with van der Waals surface area (Å²) in [6, 6.07) is 0. The molecule has 1 heterocycles. The molecular weight excluding hydrogens is 152 g/mol. The van der Waals surface area contributed by atoms with Gasteiger partial charge in [-0.1, -0.05) is 0 Å². The second kappa shape index (κ2) is 3.23. The lowest BCUT2D eigenvalue weighted by atomic mass is 10.3. The molecule has 66 valence electrons. The van der Waals surface area contributed by atoms with Gasteiger partial charge in [0.25, 0.3) is 0 Å². The molecule has 1 aliphatic rings. The summed E-state index contributed by atoms with van der Waals surface area (Å²) >= 11 is 0. The summed E-state index contributed by atoms with van der Waals surface area (Å²) in [6.45, 7) is 0.722. The smallest absolute Gasteiger partial charge is 0.153 e. The molecule has 4 heteroatoms. The van der Waals surface area contributed by atoms with E-state index in [0.717, 1.165) is 31.0 Å². The number of nitrogens with zero attached hydrogens (tertiary/aromatic N) is 2. The first-order valence-corrected chi connectivity index (χ1v) is 4.51. The van der Waals surface area contributed by atoms with Crippen molar-refractivity contribution < 1.29 is 0 Å². The van der Waals surface area contributed by atoms with Crippen LogP contribution in [0.3, 0.4) is 0 Å². The summed E-state index contributed by atoms with van der Waals surface area (Å²) in [5.74, 6) is 2.64. The van der Waals surface area contributed by atoms with Gasteiger partial charge in [-0.05, 0) is 25.8 Å². The van der Waals surface area contributed by atoms with Crippen LogP contribution in [0.5, 0.6) is 0 Å². The summed E-state index contributed by atoms with van der Waals surface area (Å²) < 4.78 is 0. The summed E-state index contributed by atoms with van der Waals surface area (Å²) in [5, 5.41) is 7.10. The van der Waals surface area contributed by atoms with Crippen LogP contribution in [0.2, 0.25) is 0 Å². The van der Waals surface area contributed by atoms with E-state index in [9.17, 15) is 0 Å². The van der Waals surface area contributed by atoms with E-state index in [2.05, 4.69) is 15.2 Å². The molecule has 4 nitrogen and oxygen atoms in total. The Morgan fingerprint density at radius 2 is 2.33 bits per heavy atom. The molecule has 0 unspecified atom stereocenters. The Bertz CT molecular complexity index is 251. The van der Waals surface area contributed by atoms with Gasteiger partial charge in [-0.25, -0.2) is 4.98 Å². The van der Waals surface area contributed by atoms with Gasteiger partial charge in [0, 0.05) is 12.3 Å². The maximum atomic E-state index is 5.39. The van der Waals surface area contributed by atoms with Crippen LogP contribution in [0.4, 0.5) is 0 Å². The third kappa shape index (κ3) is 1.64. The van der Waals surface area contributed by atoms with Gasteiger partial charge in [0.1, 0.15) is 5.82 Å². The number of aromatic amines is 1. The van der Waals surface area contributed by atoms with Crippen LogP contribution in [0.25, 0.3) is 0 Å². The Labute approximate surface area is 71.6 Å². The predicted molar refractivity (Wildman–Crippen MR) is 45.7 cm³/mol. The van der Waals surface area contributed by atoms with E-state index >= 15 is 0 Å². The standard InChI is InChI=1S/C8H14N4/c9-5-1-2-7-10-8(12-11-7)6-3-4-6/h6H,1-5,9H2,(H,10,11,12). The Morgan fingerprint density at radius 1 is 1.50 bits per heavy atom. The lowest BCUT2D eigenvalue weighted by Gasteiger charge is -1.90. The van der Waals surface area contributed by atoms with Gasteiger partial charge in [0.05, 0.1) is 0 Å². The van der Waals surface area contributed by atoms with E-state index in [1.54, 1.807) is 0 Å². The fraction of sp³-hybridized carbons (Fsp3) is 0.750. The van der Waals surface area contributed by atoms with E-state index in [1.165, 1.54) is 12.8 Å². The van der Waals surface area contributed by atoms with Crippen LogP contribution < -0.4 is 5.73 Å². The van der Waals surface area contributed by atoms with Crippen LogP contribution in [-0.4, -0.2) is 21.7 Å². The quantitative estimate of drug-likeness (QED) is 0.687. The molecule has 1 fully saturated rings. The van der Waals surface area contributed by atoms with Crippen molar-refractivity contribution in [3.8, 4) is 0 Å².